The Morgan fingerprint density at radius 1 is 1.22 bits per heavy atom. The van der Waals surface area contributed by atoms with Crippen LogP contribution in [0.1, 0.15) is 18.7 Å². The Kier molecular flexibility index (Phi) is 6.57. The molecular formula is C21H30N4O6S. The molecule has 1 spiro atoms. The average Bonchev–Trinajstić information content (AvgIpc) is 3.27. The third kappa shape index (κ3) is 4.98. The van der Waals surface area contributed by atoms with Gasteiger partial charge in [-0.15, -0.1) is 0 Å². The molecule has 1 unspecified atom stereocenters. The van der Waals surface area contributed by atoms with Crippen LogP contribution in [0.25, 0.3) is 0 Å². The van der Waals surface area contributed by atoms with Gasteiger partial charge in [0.25, 0.3) is 0 Å². The number of aromatic nitrogens is 2. The van der Waals surface area contributed by atoms with Gasteiger partial charge in [-0.3, -0.25) is 4.90 Å². The highest BCUT2D eigenvalue weighted by molar-refractivity contribution is 7.89. The maximum absolute atomic E-state index is 12.8. The van der Waals surface area contributed by atoms with Crippen molar-refractivity contribution in [3.63, 3.8) is 0 Å². The molecule has 1 aromatic carbocycles. The molecule has 2 aromatic rings. The number of ether oxygens (including phenoxy) is 1. The summed E-state index contributed by atoms with van der Waals surface area (Å²) in [5.74, 6) is 0.978. The van der Waals surface area contributed by atoms with Crippen molar-refractivity contribution in [1.29, 1.82) is 0 Å². The standard InChI is InChI=1S/C21H30N4O6S/c1-24-7-6-22-20(24)12-25-11-15(26)10-23-32(29,30)19-5-3-2-4-18(19)31-14-21(13-25)8-16(27)17(28)9-21/h2-7,15-17,23,26-28H,8-14H2,1H3/t15-,16-,17+,21?/m0/s1. The molecule has 1 fully saturated rings. The molecule has 4 atom stereocenters. The highest BCUT2D eigenvalue weighted by atomic mass is 32.2. The van der Waals surface area contributed by atoms with E-state index in [4.69, 9.17) is 4.74 Å². The van der Waals surface area contributed by atoms with E-state index in [-0.39, 0.29) is 30.3 Å². The van der Waals surface area contributed by atoms with Crippen molar-refractivity contribution in [2.75, 3.05) is 26.2 Å². The number of para-hydroxylation sites is 1. The molecule has 32 heavy (non-hydrogen) atoms. The number of hydrogen-bond donors (Lipinski definition) is 4. The van der Waals surface area contributed by atoms with E-state index in [1.54, 1.807) is 24.4 Å². The van der Waals surface area contributed by atoms with E-state index in [2.05, 4.69) is 9.71 Å². The summed E-state index contributed by atoms with van der Waals surface area (Å²) in [7, 11) is -2.02. The Balaban J connectivity index is 1.69. The van der Waals surface area contributed by atoms with Crippen LogP contribution in [0, 0.1) is 5.41 Å². The zero-order valence-electron chi connectivity index (χ0n) is 18.0. The number of fused-ring (bicyclic) bond motifs is 1. The minimum Gasteiger partial charge on any atom is -0.492 e. The molecule has 1 saturated carbocycles. The molecule has 176 valence electrons. The van der Waals surface area contributed by atoms with Gasteiger partial charge in [0.15, 0.2) is 0 Å². The Morgan fingerprint density at radius 3 is 2.62 bits per heavy atom. The number of aryl methyl sites for hydroxylation is 1. The number of rotatable bonds is 2. The van der Waals surface area contributed by atoms with Crippen LogP contribution in [-0.4, -0.2) is 82.7 Å². The molecule has 10 nitrogen and oxygen atoms in total. The van der Waals surface area contributed by atoms with Crippen LogP contribution in [0.4, 0.5) is 0 Å². The van der Waals surface area contributed by atoms with Gasteiger partial charge in [-0.2, -0.15) is 0 Å². The van der Waals surface area contributed by atoms with Gasteiger partial charge < -0.3 is 24.6 Å². The van der Waals surface area contributed by atoms with Gasteiger partial charge in [0.05, 0.1) is 31.5 Å². The third-order valence-electron chi connectivity index (χ3n) is 6.22. The van der Waals surface area contributed by atoms with Crippen LogP contribution >= 0.6 is 0 Å². The lowest BCUT2D eigenvalue weighted by atomic mass is 9.86. The van der Waals surface area contributed by atoms with Crippen LogP contribution in [0.15, 0.2) is 41.6 Å². The SMILES string of the molecule is Cn1ccnc1CN1C[C@@H](O)CNS(=O)(=O)c2ccccc2OCC2(C[C@@H](O)[C@@H](O)C2)C1. The van der Waals surface area contributed by atoms with Gasteiger partial charge in [0, 0.05) is 44.5 Å². The molecule has 4 rings (SSSR count). The fourth-order valence-corrected chi connectivity index (χ4v) is 5.83. The summed E-state index contributed by atoms with van der Waals surface area (Å²) < 4.78 is 36.0. The van der Waals surface area contributed by atoms with Crippen LogP contribution in [0.5, 0.6) is 5.75 Å². The summed E-state index contributed by atoms with van der Waals surface area (Å²) in [6, 6.07) is 6.33. The first-order valence-corrected chi connectivity index (χ1v) is 12.1. The normalized spacial score (nSPS) is 31.4. The number of imidazole rings is 1. The summed E-state index contributed by atoms with van der Waals surface area (Å²) in [5.41, 5.74) is -0.632. The lowest BCUT2D eigenvalue weighted by Crippen LogP contribution is -2.46. The molecular weight excluding hydrogens is 436 g/mol. The van der Waals surface area contributed by atoms with Gasteiger partial charge in [-0.05, 0) is 25.0 Å². The van der Waals surface area contributed by atoms with Gasteiger partial charge >= 0.3 is 0 Å². The smallest absolute Gasteiger partial charge is 0.244 e. The van der Waals surface area contributed by atoms with Gasteiger partial charge in [0.2, 0.25) is 10.0 Å². The van der Waals surface area contributed by atoms with Crippen molar-refractivity contribution in [2.24, 2.45) is 12.5 Å². The summed E-state index contributed by atoms with van der Waals surface area (Å²) in [6.45, 7) is 0.982. The van der Waals surface area contributed by atoms with E-state index >= 15 is 0 Å². The van der Waals surface area contributed by atoms with Crippen LogP contribution in [0.2, 0.25) is 0 Å². The topological polar surface area (TPSA) is 137 Å². The monoisotopic (exact) mass is 466 g/mol. The van der Waals surface area contributed by atoms with Crippen LogP contribution < -0.4 is 9.46 Å². The van der Waals surface area contributed by atoms with E-state index < -0.39 is 33.8 Å². The van der Waals surface area contributed by atoms with E-state index in [0.29, 0.717) is 25.9 Å². The largest absolute Gasteiger partial charge is 0.492 e. The predicted molar refractivity (Wildman–Crippen MR) is 115 cm³/mol. The molecule has 2 aliphatic rings. The summed E-state index contributed by atoms with van der Waals surface area (Å²) in [5, 5.41) is 31.3. The number of aliphatic hydroxyl groups is 3. The van der Waals surface area contributed by atoms with Crippen molar-refractivity contribution >= 4 is 10.0 Å². The summed E-state index contributed by atoms with van der Waals surface area (Å²) in [4.78, 5) is 6.33. The number of nitrogens with one attached hydrogen (secondary N) is 1. The Labute approximate surface area is 187 Å². The van der Waals surface area contributed by atoms with Crippen molar-refractivity contribution < 1.29 is 28.5 Å². The first kappa shape index (κ1) is 23.1. The van der Waals surface area contributed by atoms with Gasteiger partial charge in [0.1, 0.15) is 16.5 Å². The molecule has 2 heterocycles. The van der Waals surface area contributed by atoms with Crippen molar-refractivity contribution in [3.8, 4) is 5.75 Å². The van der Waals surface area contributed by atoms with Crippen molar-refractivity contribution in [3.05, 3.63) is 42.5 Å². The predicted octanol–water partition coefficient (Wildman–Crippen LogP) is -0.544. The molecule has 0 bridgehead atoms. The van der Waals surface area contributed by atoms with Crippen LogP contribution in [0.3, 0.4) is 0 Å². The van der Waals surface area contributed by atoms with E-state index in [0.717, 1.165) is 5.82 Å². The lowest BCUT2D eigenvalue weighted by Gasteiger charge is -2.36. The summed E-state index contributed by atoms with van der Waals surface area (Å²) in [6.07, 6.45) is 1.36. The second kappa shape index (κ2) is 9.08. The second-order valence-corrected chi connectivity index (χ2v) is 10.6. The molecule has 11 heteroatoms. The number of hydrogen-bond acceptors (Lipinski definition) is 8. The minimum absolute atomic E-state index is 0.00751. The second-order valence-electron chi connectivity index (χ2n) is 8.91. The third-order valence-corrected chi connectivity index (χ3v) is 7.69. The maximum Gasteiger partial charge on any atom is 0.244 e. The van der Waals surface area contributed by atoms with Crippen LogP contribution in [-0.2, 0) is 23.6 Å². The molecule has 1 aliphatic heterocycles. The highest BCUT2D eigenvalue weighted by Gasteiger charge is 2.46. The molecule has 0 saturated heterocycles. The highest BCUT2D eigenvalue weighted by Crippen LogP contribution is 2.41. The molecule has 0 radical (unpaired) electrons. The maximum atomic E-state index is 12.8. The Hall–Kier alpha value is -2.02. The van der Waals surface area contributed by atoms with Gasteiger partial charge in [-0.1, -0.05) is 12.1 Å². The Bertz CT molecular complexity index is 1030. The molecule has 0 amide bonds. The van der Waals surface area contributed by atoms with Crippen molar-refractivity contribution in [2.45, 2.75) is 42.6 Å². The first-order chi connectivity index (χ1) is 15.2. The number of sulfonamides is 1. The number of nitrogens with zero attached hydrogens (tertiary/aromatic N) is 3. The van der Waals surface area contributed by atoms with E-state index in [1.165, 1.54) is 6.07 Å². The van der Waals surface area contributed by atoms with Gasteiger partial charge in [-0.25, -0.2) is 18.1 Å². The van der Waals surface area contributed by atoms with Crippen molar-refractivity contribution in [1.82, 2.24) is 19.2 Å². The number of β-amino-alcohol motifs (C(OH)–C–C–N with tert-alkyl or cyclic N) is 1. The zero-order valence-corrected chi connectivity index (χ0v) is 18.8. The van der Waals surface area contributed by atoms with E-state index in [1.807, 2.05) is 22.7 Å². The number of aliphatic hydroxyl groups excluding tert-OH is 3. The zero-order chi connectivity index (χ0) is 22.9. The quantitative estimate of drug-likeness (QED) is 0.463. The number of benzene rings is 1. The molecule has 4 N–H and O–H groups in total. The minimum atomic E-state index is -3.90. The lowest BCUT2D eigenvalue weighted by molar-refractivity contribution is 0.0412. The molecule has 1 aromatic heterocycles. The molecule has 1 aliphatic carbocycles. The fourth-order valence-electron chi connectivity index (χ4n) is 4.61. The van der Waals surface area contributed by atoms with E-state index in [9.17, 15) is 23.7 Å². The fraction of sp³-hybridized carbons (Fsp3) is 0.571. The first-order valence-electron chi connectivity index (χ1n) is 10.6. The average molecular weight is 467 g/mol. The Morgan fingerprint density at radius 2 is 1.94 bits per heavy atom. The summed E-state index contributed by atoms with van der Waals surface area (Å²) >= 11 is 0.